The Hall–Kier alpha value is -3.02. The van der Waals surface area contributed by atoms with E-state index >= 15 is 0 Å². The van der Waals surface area contributed by atoms with Crippen LogP contribution in [0.5, 0.6) is 0 Å². The van der Waals surface area contributed by atoms with Crippen LogP contribution in [0, 0.1) is 5.82 Å². The third kappa shape index (κ3) is 4.21. The maximum atomic E-state index is 13.4. The standard InChI is InChI=1S/C23H24FN3O2/c1-15(2)16-6-8-18(9-7-16)23(28)27-12-10-17(11-13-27)21-25-22(29-26-21)19-4-3-5-20(24)14-19/h3-9,14-15,17H,10-13H2,1-2H3. The van der Waals surface area contributed by atoms with Gasteiger partial charge < -0.3 is 9.42 Å². The molecule has 3 aromatic rings. The number of hydrogen-bond acceptors (Lipinski definition) is 4. The number of halogens is 1. The molecule has 2 heterocycles. The number of amides is 1. The van der Waals surface area contributed by atoms with Crippen molar-refractivity contribution in [2.45, 2.75) is 38.5 Å². The first-order valence-corrected chi connectivity index (χ1v) is 10.00. The van der Waals surface area contributed by atoms with Crippen molar-refractivity contribution in [3.63, 3.8) is 0 Å². The zero-order valence-electron chi connectivity index (χ0n) is 16.6. The van der Waals surface area contributed by atoms with Gasteiger partial charge in [-0.15, -0.1) is 0 Å². The summed E-state index contributed by atoms with van der Waals surface area (Å²) in [5, 5.41) is 4.09. The molecule has 5 nitrogen and oxygen atoms in total. The van der Waals surface area contributed by atoms with E-state index in [0.29, 0.717) is 36.3 Å². The van der Waals surface area contributed by atoms with Gasteiger partial charge in [-0.2, -0.15) is 4.98 Å². The molecule has 1 aromatic heterocycles. The normalized spacial score (nSPS) is 15.1. The quantitative estimate of drug-likeness (QED) is 0.625. The van der Waals surface area contributed by atoms with E-state index in [4.69, 9.17) is 4.52 Å². The Morgan fingerprint density at radius 2 is 1.86 bits per heavy atom. The Bertz CT molecular complexity index is 989. The lowest BCUT2D eigenvalue weighted by atomic mass is 9.95. The molecule has 29 heavy (non-hydrogen) atoms. The molecule has 0 saturated carbocycles. The predicted octanol–water partition coefficient (Wildman–Crippen LogP) is 5.02. The minimum Gasteiger partial charge on any atom is -0.339 e. The molecule has 6 heteroatoms. The monoisotopic (exact) mass is 393 g/mol. The number of nitrogens with zero attached hydrogens (tertiary/aromatic N) is 3. The molecule has 0 atom stereocenters. The summed E-state index contributed by atoms with van der Waals surface area (Å²) in [6, 6.07) is 14.0. The zero-order chi connectivity index (χ0) is 20.4. The zero-order valence-corrected chi connectivity index (χ0v) is 16.6. The lowest BCUT2D eigenvalue weighted by Crippen LogP contribution is -2.38. The molecule has 2 aromatic carbocycles. The maximum absolute atomic E-state index is 13.4. The van der Waals surface area contributed by atoms with Gasteiger partial charge in [-0.25, -0.2) is 4.39 Å². The fourth-order valence-corrected chi connectivity index (χ4v) is 3.67. The summed E-state index contributed by atoms with van der Waals surface area (Å²) in [6.07, 6.45) is 1.55. The van der Waals surface area contributed by atoms with Crippen LogP contribution in [-0.2, 0) is 0 Å². The number of likely N-dealkylation sites (tertiary alicyclic amines) is 1. The number of rotatable bonds is 4. The van der Waals surface area contributed by atoms with Crippen molar-refractivity contribution in [2.75, 3.05) is 13.1 Å². The maximum Gasteiger partial charge on any atom is 0.258 e. The lowest BCUT2D eigenvalue weighted by Gasteiger charge is -2.30. The van der Waals surface area contributed by atoms with Gasteiger partial charge in [0.05, 0.1) is 0 Å². The van der Waals surface area contributed by atoms with Crippen molar-refractivity contribution in [1.29, 1.82) is 0 Å². The number of carbonyl (C=O) groups is 1. The van der Waals surface area contributed by atoms with Crippen molar-refractivity contribution >= 4 is 5.91 Å². The Kier molecular flexibility index (Phi) is 5.43. The van der Waals surface area contributed by atoms with Gasteiger partial charge in [0.2, 0.25) is 0 Å². The Labute approximate surface area is 169 Å². The minimum absolute atomic E-state index is 0.0623. The molecular formula is C23H24FN3O2. The van der Waals surface area contributed by atoms with Crippen LogP contribution >= 0.6 is 0 Å². The van der Waals surface area contributed by atoms with E-state index in [1.807, 2.05) is 29.2 Å². The summed E-state index contributed by atoms with van der Waals surface area (Å²) in [6.45, 7) is 5.58. The van der Waals surface area contributed by atoms with E-state index < -0.39 is 0 Å². The predicted molar refractivity (Wildman–Crippen MR) is 108 cm³/mol. The van der Waals surface area contributed by atoms with Gasteiger partial charge in [0.25, 0.3) is 11.8 Å². The van der Waals surface area contributed by atoms with E-state index in [-0.39, 0.29) is 17.6 Å². The van der Waals surface area contributed by atoms with Gasteiger partial charge in [0.1, 0.15) is 5.82 Å². The van der Waals surface area contributed by atoms with E-state index in [0.717, 1.165) is 18.4 Å². The highest BCUT2D eigenvalue weighted by Gasteiger charge is 2.27. The van der Waals surface area contributed by atoms with Crippen molar-refractivity contribution in [3.8, 4) is 11.5 Å². The Morgan fingerprint density at radius 3 is 2.52 bits per heavy atom. The smallest absolute Gasteiger partial charge is 0.258 e. The van der Waals surface area contributed by atoms with Gasteiger partial charge in [-0.05, 0) is 54.7 Å². The van der Waals surface area contributed by atoms with Gasteiger partial charge >= 0.3 is 0 Å². The van der Waals surface area contributed by atoms with E-state index in [1.54, 1.807) is 12.1 Å². The molecule has 1 aliphatic heterocycles. The van der Waals surface area contributed by atoms with Crippen molar-refractivity contribution < 1.29 is 13.7 Å². The highest BCUT2D eigenvalue weighted by molar-refractivity contribution is 5.94. The molecular weight excluding hydrogens is 369 g/mol. The topological polar surface area (TPSA) is 59.2 Å². The molecule has 0 N–H and O–H groups in total. The lowest BCUT2D eigenvalue weighted by molar-refractivity contribution is 0.0710. The highest BCUT2D eigenvalue weighted by atomic mass is 19.1. The Balaban J connectivity index is 1.39. The van der Waals surface area contributed by atoms with Crippen LogP contribution in [0.15, 0.2) is 53.1 Å². The average molecular weight is 393 g/mol. The summed E-state index contributed by atoms with van der Waals surface area (Å²) in [5.74, 6) is 1.25. The van der Waals surface area contributed by atoms with Gasteiger partial charge in [-0.1, -0.05) is 37.2 Å². The van der Waals surface area contributed by atoms with E-state index in [2.05, 4.69) is 24.0 Å². The molecule has 0 radical (unpaired) electrons. The SMILES string of the molecule is CC(C)c1ccc(C(=O)N2CCC(c3noc(-c4cccc(F)c4)n3)CC2)cc1. The molecule has 150 valence electrons. The van der Waals surface area contributed by atoms with Crippen LogP contribution in [0.4, 0.5) is 4.39 Å². The fourth-order valence-electron chi connectivity index (χ4n) is 3.67. The van der Waals surface area contributed by atoms with Gasteiger partial charge in [0, 0.05) is 30.1 Å². The Morgan fingerprint density at radius 1 is 1.14 bits per heavy atom. The largest absolute Gasteiger partial charge is 0.339 e. The van der Waals surface area contributed by atoms with Crippen LogP contribution in [0.25, 0.3) is 11.5 Å². The van der Waals surface area contributed by atoms with E-state index in [9.17, 15) is 9.18 Å². The van der Waals surface area contributed by atoms with Crippen LogP contribution in [0.2, 0.25) is 0 Å². The molecule has 1 amide bonds. The second kappa shape index (κ2) is 8.15. The number of benzene rings is 2. The highest BCUT2D eigenvalue weighted by Crippen LogP contribution is 2.29. The minimum atomic E-state index is -0.338. The first kappa shape index (κ1) is 19.3. The summed E-state index contributed by atoms with van der Waals surface area (Å²) < 4.78 is 18.7. The van der Waals surface area contributed by atoms with Crippen LogP contribution in [0.1, 0.15) is 60.3 Å². The molecule has 1 aliphatic rings. The number of aromatic nitrogens is 2. The van der Waals surface area contributed by atoms with Crippen LogP contribution in [-0.4, -0.2) is 34.0 Å². The number of hydrogen-bond donors (Lipinski definition) is 0. The first-order chi connectivity index (χ1) is 14.0. The second-order valence-corrected chi connectivity index (χ2v) is 7.81. The molecule has 0 spiro atoms. The molecule has 0 unspecified atom stereocenters. The fraction of sp³-hybridized carbons (Fsp3) is 0.348. The number of piperidine rings is 1. The number of carbonyl (C=O) groups excluding carboxylic acids is 1. The van der Waals surface area contributed by atoms with Crippen LogP contribution < -0.4 is 0 Å². The summed E-state index contributed by atoms with van der Waals surface area (Å²) in [4.78, 5) is 19.1. The molecule has 4 rings (SSSR count). The third-order valence-electron chi connectivity index (χ3n) is 5.48. The van der Waals surface area contributed by atoms with Crippen molar-refractivity contribution in [3.05, 3.63) is 71.3 Å². The van der Waals surface area contributed by atoms with Crippen molar-refractivity contribution in [1.82, 2.24) is 15.0 Å². The van der Waals surface area contributed by atoms with Gasteiger partial charge in [-0.3, -0.25) is 4.79 Å². The second-order valence-electron chi connectivity index (χ2n) is 7.81. The van der Waals surface area contributed by atoms with Crippen molar-refractivity contribution in [2.24, 2.45) is 0 Å². The summed E-state index contributed by atoms with van der Waals surface area (Å²) >= 11 is 0. The summed E-state index contributed by atoms with van der Waals surface area (Å²) in [5.41, 5.74) is 2.52. The summed E-state index contributed by atoms with van der Waals surface area (Å²) in [7, 11) is 0. The molecule has 1 fully saturated rings. The first-order valence-electron chi connectivity index (χ1n) is 10.00. The molecule has 1 saturated heterocycles. The van der Waals surface area contributed by atoms with Gasteiger partial charge in [0.15, 0.2) is 5.82 Å². The van der Waals surface area contributed by atoms with Crippen LogP contribution in [0.3, 0.4) is 0 Å². The molecule has 0 bridgehead atoms. The third-order valence-corrected chi connectivity index (χ3v) is 5.48. The average Bonchev–Trinajstić information content (AvgIpc) is 3.24. The molecule has 0 aliphatic carbocycles. The van der Waals surface area contributed by atoms with E-state index in [1.165, 1.54) is 17.7 Å².